The van der Waals surface area contributed by atoms with Crippen molar-refractivity contribution in [2.75, 3.05) is 56.0 Å². The Labute approximate surface area is 224 Å². The van der Waals surface area contributed by atoms with Crippen LogP contribution in [0.25, 0.3) is 21.8 Å². The Hall–Kier alpha value is -4.12. The van der Waals surface area contributed by atoms with E-state index in [2.05, 4.69) is 9.80 Å². The number of rotatable bonds is 3. The van der Waals surface area contributed by atoms with E-state index >= 15 is 0 Å². The number of hydrogen-bond acceptors (Lipinski definition) is 9. The van der Waals surface area contributed by atoms with Crippen LogP contribution in [-0.4, -0.2) is 65.3 Å². The van der Waals surface area contributed by atoms with Gasteiger partial charge in [-0.05, 0) is 38.0 Å². The lowest BCUT2D eigenvalue weighted by Crippen LogP contribution is -2.45. The van der Waals surface area contributed by atoms with Crippen molar-refractivity contribution in [3.63, 3.8) is 0 Å². The van der Waals surface area contributed by atoms with Crippen LogP contribution in [0.4, 0.5) is 11.8 Å². The van der Waals surface area contributed by atoms with Gasteiger partial charge >= 0.3 is 5.69 Å². The maximum Gasteiger partial charge on any atom is 0.331 e. The van der Waals surface area contributed by atoms with E-state index in [4.69, 9.17) is 24.2 Å². The van der Waals surface area contributed by atoms with Gasteiger partial charge in [-0.2, -0.15) is 4.98 Å². The van der Waals surface area contributed by atoms with Crippen molar-refractivity contribution in [1.82, 2.24) is 19.1 Å². The van der Waals surface area contributed by atoms with Crippen LogP contribution in [0.3, 0.4) is 0 Å². The third-order valence-electron chi connectivity index (χ3n) is 8.04. The van der Waals surface area contributed by atoms with E-state index in [0.717, 1.165) is 35.4 Å². The number of aryl methyl sites for hydroxylation is 2. The SMILES string of the molecule is Cc1ccc2c(c1)c(=O)n(C1CCN(c3nc(N4CCOCC4)nc4cc5c(cc34)OCO5)CC1)c(=O)n2C. The minimum Gasteiger partial charge on any atom is -0.454 e. The predicted octanol–water partition coefficient (Wildman–Crippen LogP) is 2.36. The minimum absolute atomic E-state index is 0.186. The van der Waals surface area contributed by atoms with E-state index in [1.54, 1.807) is 11.6 Å². The number of piperidine rings is 1. The molecule has 0 bridgehead atoms. The molecule has 0 radical (unpaired) electrons. The van der Waals surface area contributed by atoms with Crippen LogP contribution < -0.4 is 30.5 Å². The molecule has 2 fully saturated rings. The molecule has 39 heavy (non-hydrogen) atoms. The van der Waals surface area contributed by atoms with E-state index < -0.39 is 0 Å². The molecule has 0 N–H and O–H groups in total. The van der Waals surface area contributed by atoms with Crippen LogP contribution in [0.2, 0.25) is 0 Å². The molecular weight excluding hydrogens is 500 g/mol. The van der Waals surface area contributed by atoms with Gasteiger partial charge in [0.25, 0.3) is 5.56 Å². The molecule has 0 atom stereocenters. The van der Waals surface area contributed by atoms with E-state index in [0.29, 0.717) is 67.5 Å². The Kier molecular flexibility index (Phi) is 5.69. The molecule has 202 valence electrons. The second-order valence-corrected chi connectivity index (χ2v) is 10.4. The molecule has 3 aliphatic rings. The molecule has 0 saturated carbocycles. The molecular formula is C28H30N6O5. The first-order valence-corrected chi connectivity index (χ1v) is 13.4. The quantitative estimate of drug-likeness (QED) is 0.395. The van der Waals surface area contributed by atoms with Crippen LogP contribution in [0.5, 0.6) is 11.5 Å². The summed E-state index contributed by atoms with van der Waals surface area (Å²) in [4.78, 5) is 41.0. The van der Waals surface area contributed by atoms with Crippen molar-refractivity contribution in [2.45, 2.75) is 25.8 Å². The number of morpholine rings is 1. The largest absolute Gasteiger partial charge is 0.454 e. The third-order valence-corrected chi connectivity index (χ3v) is 8.04. The van der Waals surface area contributed by atoms with E-state index in [-0.39, 0.29) is 24.1 Å². The summed E-state index contributed by atoms with van der Waals surface area (Å²) >= 11 is 0. The Morgan fingerprint density at radius 2 is 1.62 bits per heavy atom. The first-order chi connectivity index (χ1) is 19.0. The molecule has 11 heteroatoms. The Morgan fingerprint density at radius 1 is 0.872 bits per heavy atom. The summed E-state index contributed by atoms with van der Waals surface area (Å²) in [6, 6.07) is 9.32. The van der Waals surface area contributed by atoms with Crippen molar-refractivity contribution in [3.05, 3.63) is 56.7 Å². The van der Waals surface area contributed by atoms with Crippen LogP contribution in [-0.2, 0) is 11.8 Å². The summed E-state index contributed by atoms with van der Waals surface area (Å²) in [5, 5.41) is 1.47. The average Bonchev–Trinajstić information content (AvgIpc) is 3.42. The van der Waals surface area contributed by atoms with Gasteiger partial charge in [0.05, 0.1) is 29.6 Å². The van der Waals surface area contributed by atoms with Crippen molar-refractivity contribution in [1.29, 1.82) is 0 Å². The highest BCUT2D eigenvalue weighted by molar-refractivity contribution is 5.93. The van der Waals surface area contributed by atoms with Crippen LogP contribution >= 0.6 is 0 Å². The van der Waals surface area contributed by atoms with Crippen molar-refractivity contribution < 1.29 is 14.2 Å². The van der Waals surface area contributed by atoms with Gasteiger partial charge in [-0.25, -0.2) is 9.78 Å². The Balaban J connectivity index is 1.25. The zero-order chi connectivity index (χ0) is 26.7. The fourth-order valence-electron chi connectivity index (χ4n) is 5.89. The molecule has 2 saturated heterocycles. The summed E-state index contributed by atoms with van der Waals surface area (Å²) in [5.74, 6) is 2.85. The highest BCUT2D eigenvalue weighted by Crippen LogP contribution is 2.40. The van der Waals surface area contributed by atoms with Gasteiger partial charge in [0, 0.05) is 50.7 Å². The number of benzene rings is 2. The summed E-state index contributed by atoms with van der Waals surface area (Å²) < 4.78 is 19.8. The van der Waals surface area contributed by atoms with Gasteiger partial charge in [0.15, 0.2) is 11.5 Å². The molecule has 3 aliphatic heterocycles. The number of fused-ring (bicyclic) bond motifs is 3. The monoisotopic (exact) mass is 530 g/mol. The number of nitrogens with zero attached hydrogens (tertiary/aromatic N) is 6. The summed E-state index contributed by atoms with van der Waals surface area (Å²) in [7, 11) is 1.73. The highest BCUT2D eigenvalue weighted by Gasteiger charge is 2.28. The van der Waals surface area contributed by atoms with Gasteiger partial charge in [0.2, 0.25) is 12.7 Å². The number of aromatic nitrogens is 4. The minimum atomic E-state index is -0.274. The number of ether oxygens (including phenoxy) is 3. The van der Waals surface area contributed by atoms with Crippen LogP contribution in [0.1, 0.15) is 24.4 Å². The lowest BCUT2D eigenvalue weighted by Gasteiger charge is -2.35. The second kappa shape index (κ2) is 9.26. The summed E-state index contributed by atoms with van der Waals surface area (Å²) in [6.07, 6.45) is 1.30. The van der Waals surface area contributed by atoms with Gasteiger partial charge < -0.3 is 24.0 Å². The molecule has 0 aliphatic carbocycles. The fraction of sp³-hybridized carbons (Fsp3) is 0.429. The second-order valence-electron chi connectivity index (χ2n) is 10.4. The molecule has 0 unspecified atom stereocenters. The normalized spacial score (nSPS) is 17.9. The van der Waals surface area contributed by atoms with E-state index in [1.807, 2.05) is 37.3 Å². The Morgan fingerprint density at radius 3 is 2.38 bits per heavy atom. The van der Waals surface area contributed by atoms with E-state index in [1.165, 1.54) is 4.57 Å². The van der Waals surface area contributed by atoms with Gasteiger partial charge in [0.1, 0.15) is 5.82 Å². The standard InChI is InChI=1S/C28H30N6O5/c1-17-3-4-22-20(13-17)26(35)34(28(36)31(22)2)18-5-7-32(8-6-18)25-19-14-23-24(39-16-38-23)15-21(19)29-27(30-25)33-9-11-37-12-10-33/h3-4,13-15,18H,5-12,16H2,1-2H3. The van der Waals surface area contributed by atoms with Crippen molar-refractivity contribution in [2.24, 2.45) is 7.05 Å². The van der Waals surface area contributed by atoms with Crippen molar-refractivity contribution >= 4 is 33.6 Å². The maximum absolute atomic E-state index is 13.5. The lowest BCUT2D eigenvalue weighted by molar-refractivity contribution is 0.122. The first-order valence-electron chi connectivity index (χ1n) is 13.4. The highest BCUT2D eigenvalue weighted by atomic mass is 16.7. The Bertz CT molecular complexity index is 1720. The number of anilines is 2. The predicted molar refractivity (Wildman–Crippen MR) is 147 cm³/mol. The van der Waals surface area contributed by atoms with Crippen LogP contribution in [0.15, 0.2) is 39.9 Å². The maximum atomic E-state index is 13.5. The fourth-order valence-corrected chi connectivity index (χ4v) is 5.89. The summed E-state index contributed by atoms with van der Waals surface area (Å²) in [5.41, 5.74) is 1.95. The molecule has 11 nitrogen and oxygen atoms in total. The molecule has 0 amide bonds. The smallest absolute Gasteiger partial charge is 0.331 e. The molecule has 2 aromatic heterocycles. The lowest BCUT2D eigenvalue weighted by atomic mass is 10.0. The molecule has 4 aromatic rings. The topological polar surface area (TPSA) is 104 Å². The van der Waals surface area contributed by atoms with E-state index in [9.17, 15) is 9.59 Å². The van der Waals surface area contributed by atoms with Gasteiger partial charge in [-0.15, -0.1) is 0 Å². The zero-order valence-electron chi connectivity index (χ0n) is 22.1. The molecule has 0 spiro atoms. The first kappa shape index (κ1) is 24.0. The molecule has 2 aromatic carbocycles. The molecule has 7 rings (SSSR count). The zero-order valence-corrected chi connectivity index (χ0v) is 22.1. The van der Waals surface area contributed by atoms with Gasteiger partial charge in [-0.3, -0.25) is 13.9 Å². The number of hydrogen-bond donors (Lipinski definition) is 0. The van der Waals surface area contributed by atoms with Crippen molar-refractivity contribution in [3.8, 4) is 11.5 Å². The third kappa shape index (κ3) is 3.99. The van der Waals surface area contributed by atoms with Crippen LogP contribution in [0, 0.1) is 6.92 Å². The summed E-state index contributed by atoms with van der Waals surface area (Å²) in [6.45, 7) is 6.17. The molecule has 5 heterocycles. The van der Waals surface area contributed by atoms with Gasteiger partial charge in [-0.1, -0.05) is 11.6 Å². The average molecular weight is 531 g/mol.